The lowest BCUT2D eigenvalue weighted by molar-refractivity contribution is -0.163. The Morgan fingerprint density at radius 3 is 2.09 bits per heavy atom. The van der Waals surface area contributed by atoms with Gasteiger partial charge in [-0.2, -0.15) is 0 Å². The van der Waals surface area contributed by atoms with Crippen LogP contribution in [0.5, 0.6) is 0 Å². The maximum atomic E-state index is 13.0. The Balaban J connectivity index is 3.25. The molecule has 10 heteroatoms. The first kappa shape index (κ1) is 28.3. The lowest BCUT2D eigenvalue weighted by Gasteiger charge is -2.34. The summed E-state index contributed by atoms with van der Waals surface area (Å²) in [5, 5.41) is 0. The molecule has 0 spiro atoms. The molecule has 0 heterocycles. The Morgan fingerprint density at radius 1 is 1.00 bits per heavy atom. The van der Waals surface area contributed by atoms with Crippen LogP contribution in [-0.4, -0.2) is 57.6 Å². The summed E-state index contributed by atoms with van der Waals surface area (Å²) in [6.07, 6.45) is -0.376. The lowest BCUT2D eigenvalue weighted by Crippen LogP contribution is -2.54. The number of benzene rings is 1. The van der Waals surface area contributed by atoms with Crippen LogP contribution in [0.25, 0.3) is 0 Å². The van der Waals surface area contributed by atoms with E-state index in [-0.39, 0.29) is 13.0 Å². The SMILES string of the molecule is CCOC(=O)[C@H](CCc1ccccc1)N(C(=O)OCC(Cl)(Cl)Cl)[C@@H](C)C(=O)OC(C)(C)C. The first-order valence-corrected chi connectivity index (χ1v) is 11.3. The number of alkyl halides is 3. The fourth-order valence-corrected chi connectivity index (χ4v) is 2.99. The molecule has 0 saturated heterocycles. The molecule has 1 rings (SSSR count). The second-order valence-electron chi connectivity index (χ2n) is 8.08. The van der Waals surface area contributed by atoms with Crippen molar-refractivity contribution in [1.29, 1.82) is 0 Å². The molecule has 180 valence electrons. The van der Waals surface area contributed by atoms with Crippen molar-refractivity contribution in [2.75, 3.05) is 13.2 Å². The predicted octanol–water partition coefficient (Wildman–Crippen LogP) is 5.09. The molecule has 0 aliphatic heterocycles. The molecule has 7 nitrogen and oxygen atoms in total. The molecule has 1 aromatic rings. The van der Waals surface area contributed by atoms with E-state index in [1.54, 1.807) is 27.7 Å². The van der Waals surface area contributed by atoms with Gasteiger partial charge in [-0.15, -0.1) is 0 Å². The number of amides is 1. The molecule has 0 fully saturated rings. The van der Waals surface area contributed by atoms with E-state index in [1.165, 1.54) is 6.92 Å². The van der Waals surface area contributed by atoms with Crippen LogP contribution in [0, 0.1) is 0 Å². The van der Waals surface area contributed by atoms with Crippen molar-refractivity contribution < 1.29 is 28.6 Å². The summed E-state index contributed by atoms with van der Waals surface area (Å²) >= 11 is 17.1. The minimum absolute atomic E-state index is 0.0958. The second kappa shape index (κ2) is 12.5. The normalized spacial score (nSPS) is 13.6. The molecule has 2 atom stereocenters. The molecular weight excluding hydrogens is 481 g/mol. The van der Waals surface area contributed by atoms with Gasteiger partial charge in [-0.3, -0.25) is 4.90 Å². The molecule has 0 aromatic heterocycles. The van der Waals surface area contributed by atoms with Crippen LogP contribution in [0.2, 0.25) is 0 Å². The highest BCUT2D eigenvalue weighted by atomic mass is 35.6. The molecular formula is C22H30Cl3NO6. The van der Waals surface area contributed by atoms with Gasteiger partial charge in [-0.1, -0.05) is 65.1 Å². The maximum Gasteiger partial charge on any atom is 0.411 e. The molecule has 0 aliphatic rings. The van der Waals surface area contributed by atoms with Gasteiger partial charge in [0.15, 0.2) is 0 Å². The smallest absolute Gasteiger partial charge is 0.411 e. The Labute approximate surface area is 204 Å². The van der Waals surface area contributed by atoms with Crippen LogP contribution in [0.4, 0.5) is 4.79 Å². The van der Waals surface area contributed by atoms with E-state index in [0.717, 1.165) is 10.5 Å². The molecule has 0 unspecified atom stereocenters. The summed E-state index contributed by atoms with van der Waals surface area (Å²) < 4.78 is 13.8. The molecule has 0 bridgehead atoms. The van der Waals surface area contributed by atoms with E-state index in [1.807, 2.05) is 30.3 Å². The number of halogens is 3. The summed E-state index contributed by atoms with van der Waals surface area (Å²) in [5.41, 5.74) is 0.142. The minimum atomic E-state index is -1.86. The topological polar surface area (TPSA) is 82.1 Å². The largest absolute Gasteiger partial charge is 0.464 e. The molecule has 0 saturated carbocycles. The fourth-order valence-electron chi connectivity index (χ4n) is 2.83. The molecule has 32 heavy (non-hydrogen) atoms. The quantitative estimate of drug-likeness (QED) is 0.261. The van der Waals surface area contributed by atoms with Crippen LogP contribution in [0.1, 0.15) is 46.6 Å². The first-order valence-electron chi connectivity index (χ1n) is 10.2. The highest BCUT2D eigenvalue weighted by Gasteiger charge is 2.40. The minimum Gasteiger partial charge on any atom is -0.464 e. The zero-order valence-corrected chi connectivity index (χ0v) is 21.2. The van der Waals surface area contributed by atoms with E-state index in [9.17, 15) is 14.4 Å². The van der Waals surface area contributed by atoms with Gasteiger partial charge in [-0.05, 0) is 53.0 Å². The Hall–Kier alpha value is -1.70. The predicted molar refractivity (Wildman–Crippen MR) is 124 cm³/mol. The van der Waals surface area contributed by atoms with Crippen molar-refractivity contribution in [2.24, 2.45) is 0 Å². The fraction of sp³-hybridized carbons (Fsp3) is 0.591. The maximum absolute atomic E-state index is 13.0. The second-order valence-corrected chi connectivity index (χ2v) is 10.6. The van der Waals surface area contributed by atoms with Crippen LogP contribution in [-0.2, 0) is 30.2 Å². The Bertz CT molecular complexity index is 761. The summed E-state index contributed by atoms with van der Waals surface area (Å²) in [4.78, 5) is 39.6. The van der Waals surface area contributed by atoms with Crippen molar-refractivity contribution >= 4 is 52.8 Å². The number of nitrogens with zero attached hydrogens (tertiary/aromatic N) is 1. The number of carbonyl (C=O) groups is 3. The lowest BCUT2D eigenvalue weighted by atomic mass is 10.0. The molecule has 0 radical (unpaired) electrons. The third-order valence-electron chi connectivity index (χ3n) is 4.18. The number of ether oxygens (including phenoxy) is 3. The van der Waals surface area contributed by atoms with Crippen molar-refractivity contribution in [3.05, 3.63) is 35.9 Å². The zero-order valence-electron chi connectivity index (χ0n) is 18.9. The first-order chi connectivity index (χ1) is 14.7. The number of hydrogen-bond acceptors (Lipinski definition) is 6. The third kappa shape index (κ3) is 10.3. The summed E-state index contributed by atoms with van der Waals surface area (Å²) in [5.74, 6) is -1.39. The molecule has 1 amide bonds. The van der Waals surface area contributed by atoms with E-state index in [0.29, 0.717) is 6.42 Å². The highest BCUT2D eigenvalue weighted by Crippen LogP contribution is 2.27. The number of carbonyl (C=O) groups excluding carboxylic acids is 3. The van der Waals surface area contributed by atoms with Crippen molar-refractivity contribution in [3.8, 4) is 0 Å². The zero-order chi connectivity index (χ0) is 24.5. The van der Waals surface area contributed by atoms with E-state index < -0.39 is 46.1 Å². The molecule has 1 aromatic carbocycles. The average Bonchev–Trinajstić information content (AvgIpc) is 2.68. The van der Waals surface area contributed by atoms with E-state index in [2.05, 4.69) is 0 Å². The van der Waals surface area contributed by atoms with Gasteiger partial charge in [0.05, 0.1) is 6.61 Å². The summed E-state index contributed by atoms with van der Waals surface area (Å²) in [6.45, 7) is 7.71. The Kier molecular flexibility index (Phi) is 11.1. The van der Waals surface area contributed by atoms with Crippen LogP contribution in [0.15, 0.2) is 30.3 Å². The van der Waals surface area contributed by atoms with Gasteiger partial charge in [-0.25, -0.2) is 14.4 Å². The number of hydrogen-bond donors (Lipinski definition) is 0. The van der Waals surface area contributed by atoms with Crippen molar-refractivity contribution in [1.82, 2.24) is 4.90 Å². The van der Waals surface area contributed by atoms with Gasteiger partial charge < -0.3 is 14.2 Å². The van der Waals surface area contributed by atoms with Crippen LogP contribution >= 0.6 is 34.8 Å². The highest BCUT2D eigenvalue weighted by molar-refractivity contribution is 6.67. The van der Waals surface area contributed by atoms with Crippen LogP contribution < -0.4 is 0 Å². The van der Waals surface area contributed by atoms with Crippen molar-refractivity contribution in [3.63, 3.8) is 0 Å². The third-order valence-corrected chi connectivity index (χ3v) is 4.51. The van der Waals surface area contributed by atoms with Gasteiger partial charge in [0, 0.05) is 0 Å². The summed E-state index contributed by atoms with van der Waals surface area (Å²) in [7, 11) is 0. The number of esters is 2. The van der Waals surface area contributed by atoms with Crippen LogP contribution in [0.3, 0.4) is 0 Å². The van der Waals surface area contributed by atoms with Gasteiger partial charge in [0.2, 0.25) is 3.79 Å². The molecule has 0 N–H and O–H groups in total. The monoisotopic (exact) mass is 509 g/mol. The number of aryl methyl sites for hydroxylation is 1. The van der Waals surface area contributed by atoms with E-state index in [4.69, 9.17) is 49.0 Å². The van der Waals surface area contributed by atoms with Crippen molar-refractivity contribution in [2.45, 2.75) is 68.9 Å². The van der Waals surface area contributed by atoms with E-state index >= 15 is 0 Å². The van der Waals surface area contributed by atoms with Gasteiger partial charge >= 0.3 is 18.0 Å². The summed E-state index contributed by atoms with van der Waals surface area (Å²) in [6, 6.07) is 7.10. The molecule has 0 aliphatic carbocycles. The number of rotatable bonds is 9. The Morgan fingerprint density at radius 2 is 1.59 bits per heavy atom. The van der Waals surface area contributed by atoms with Gasteiger partial charge in [0.25, 0.3) is 0 Å². The standard InChI is InChI=1S/C22H30Cl3NO6/c1-6-30-19(28)17(13-12-16-10-8-7-9-11-16)26(20(29)31-14-22(23,24)25)15(2)18(27)32-21(3,4)5/h7-11,15,17H,6,12-14H2,1-5H3/t15-,17-/m0/s1. The average molecular weight is 511 g/mol. The van der Waals surface area contributed by atoms with Gasteiger partial charge in [0.1, 0.15) is 24.3 Å².